The number of rotatable bonds is 7. The maximum Gasteiger partial charge on any atom is 0.0249 e. The molecule has 1 saturated carbocycles. The molecule has 0 amide bonds. The summed E-state index contributed by atoms with van der Waals surface area (Å²) in [7, 11) is 0. The van der Waals surface area contributed by atoms with Crippen LogP contribution in [0.2, 0.25) is 0 Å². The lowest BCUT2D eigenvalue weighted by Crippen LogP contribution is -2.59. The van der Waals surface area contributed by atoms with Gasteiger partial charge in [-0.3, -0.25) is 4.90 Å². The SMILES string of the molecule is CCCC1CN(CC(CC)CC)C(C2CCCCC2)CN1. The molecule has 0 bridgehead atoms. The molecule has 1 aliphatic carbocycles. The van der Waals surface area contributed by atoms with Gasteiger partial charge in [-0.15, -0.1) is 0 Å². The van der Waals surface area contributed by atoms with E-state index in [-0.39, 0.29) is 0 Å². The van der Waals surface area contributed by atoms with Crippen LogP contribution in [0, 0.1) is 11.8 Å². The van der Waals surface area contributed by atoms with Crippen LogP contribution in [0.25, 0.3) is 0 Å². The smallest absolute Gasteiger partial charge is 0.0249 e. The summed E-state index contributed by atoms with van der Waals surface area (Å²) in [6, 6.07) is 1.56. The summed E-state index contributed by atoms with van der Waals surface area (Å²) in [4.78, 5) is 2.89. The summed E-state index contributed by atoms with van der Waals surface area (Å²) in [5, 5.41) is 3.86. The zero-order valence-electron chi connectivity index (χ0n) is 14.7. The van der Waals surface area contributed by atoms with E-state index >= 15 is 0 Å². The van der Waals surface area contributed by atoms with Crippen molar-refractivity contribution in [2.45, 2.75) is 90.6 Å². The van der Waals surface area contributed by atoms with Crippen molar-refractivity contribution in [3.63, 3.8) is 0 Å². The Morgan fingerprint density at radius 1 is 1.05 bits per heavy atom. The van der Waals surface area contributed by atoms with Gasteiger partial charge in [-0.1, -0.05) is 59.3 Å². The normalized spacial score (nSPS) is 29.1. The first-order chi connectivity index (χ1) is 10.3. The molecule has 21 heavy (non-hydrogen) atoms. The second kappa shape index (κ2) is 9.15. The van der Waals surface area contributed by atoms with Crippen molar-refractivity contribution in [3.8, 4) is 0 Å². The van der Waals surface area contributed by atoms with E-state index in [1.165, 1.54) is 77.4 Å². The molecule has 124 valence electrons. The lowest BCUT2D eigenvalue weighted by Gasteiger charge is -2.46. The summed E-state index contributed by atoms with van der Waals surface area (Å²) in [6.45, 7) is 10.9. The highest BCUT2D eigenvalue weighted by Crippen LogP contribution is 2.31. The molecular weight excluding hydrogens is 256 g/mol. The highest BCUT2D eigenvalue weighted by atomic mass is 15.2. The van der Waals surface area contributed by atoms with Crippen LogP contribution in [0.4, 0.5) is 0 Å². The van der Waals surface area contributed by atoms with Gasteiger partial charge in [0.05, 0.1) is 0 Å². The van der Waals surface area contributed by atoms with Gasteiger partial charge in [-0.05, 0) is 31.1 Å². The Morgan fingerprint density at radius 3 is 2.38 bits per heavy atom. The Labute approximate surface area is 133 Å². The van der Waals surface area contributed by atoms with Gasteiger partial charge >= 0.3 is 0 Å². The van der Waals surface area contributed by atoms with Crippen molar-refractivity contribution < 1.29 is 0 Å². The van der Waals surface area contributed by atoms with E-state index in [9.17, 15) is 0 Å². The van der Waals surface area contributed by atoms with Gasteiger partial charge in [-0.2, -0.15) is 0 Å². The van der Waals surface area contributed by atoms with Crippen LogP contribution < -0.4 is 5.32 Å². The van der Waals surface area contributed by atoms with Crippen molar-refractivity contribution >= 4 is 0 Å². The summed E-state index contributed by atoms with van der Waals surface area (Å²) < 4.78 is 0. The number of hydrogen-bond acceptors (Lipinski definition) is 2. The molecule has 0 aromatic carbocycles. The van der Waals surface area contributed by atoms with Crippen molar-refractivity contribution in [3.05, 3.63) is 0 Å². The van der Waals surface area contributed by atoms with Crippen LogP contribution in [0.5, 0.6) is 0 Å². The second-order valence-electron chi connectivity index (χ2n) is 7.50. The third-order valence-corrected chi connectivity index (χ3v) is 6.02. The van der Waals surface area contributed by atoms with Crippen molar-refractivity contribution in [2.24, 2.45) is 11.8 Å². The Hall–Kier alpha value is -0.0800. The van der Waals surface area contributed by atoms with Crippen LogP contribution >= 0.6 is 0 Å². The average Bonchev–Trinajstić information content (AvgIpc) is 2.54. The maximum absolute atomic E-state index is 3.86. The first-order valence-corrected chi connectivity index (χ1v) is 9.75. The minimum absolute atomic E-state index is 0.740. The van der Waals surface area contributed by atoms with Gasteiger partial charge in [-0.25, -0.2) is 0 Å². The maximum atomic E-state index is 3.86. The third kappa shape index (κ3) is 4.96. The molecule has 1 heterocycles. The standard InChI is InChI=1S/C19H38N2/c1-4-10-18-15-21(14-16(5-2)6-3)19(13-20-18)17-11-8-7-9-12-17/h16-20H,4-15H2,1-3H3. The van der Waals surface area contributed by atoms with E-state index in [2.05, 4.69) is 31.0 Å². The first-order valence-electron chi connectivity index (χ1n) is 9.75. The minimum atomic E-state index is 0.740. The van der Waals surface area contributed by atoms with E-state index < -0.39 is 0 Å². The Kier molecular flexibility index (Phi) is 7.53. The monoisotopic (exact) mass is 294 g/mol. The molecule has 2 aliphatic rings. The Balaban J connectivity index is 1.98. The molecule has 2 unspecified atom stereocenters. The number of hydrogen-bond donors (Lipinski definition) is 1. The molecule has 2 rings (SSSR count). The van der Waals surface area contributed by atoms with Gasteiger partial charge in [0.1, 0.15) is 0 Å². The quantitative estimate of drug-likeness (QED) is 0.746. The van der Waals surface area contributed by atoms with Crippen LogP contribution in [-0.4, -0.2) is 36.6 Å². The van der Waals surface area contributed by atoms with E-state index in [4.69, 9.17) is 0 Å². The molecule has 1 saturated heterocycles. The van der Waals surface area contributed by atoms with Gasteiger partial charge < -0.3 is 5.32 Å². The highest BCUT2D eigenvalue weighted by molar-refractivity contribution is 4.91. The highest BCUT2D eigenvalue weighted by Gasteiger charge is 2.34. The molecular formula is C19H38N2. The number of nitrogens with one attached hydrogen (secondary N) is 1. The molecule has 2 atom stereocenters. The van der Waals surface area contributed by atoms with Gasteiger partial charge in [0.25, 0.3) is 0 Å². The third-order valence-electron chi connectivity index (χ3n) is 6.02. The summed E-state index contributed by atoms with van der Waals surface area (Å²) in [5.41, 5.74) is 0. The molecule has 0 aromatic rings. The molecule has 2 fully saturated rings. The van der Waals surface area contributed by atoms with E-state index in [0.717, 1.165) is 23.9 Å². The zero-order valence-corrected chi connectivity index (χ0v) is 14.7. The predicted molar refractivity (Wildman–Crippen MR) is 92.7 cm³/mol. The summed E-state index contributed by atoms with van der Waals surface area (Å²) in [5.74, 6) is 1.86. The van der Waals surface area contributed by atoms with E-state index in [1.54, 1.807) is 0 Å². The van der Waals surface area contributed by atoms with Gasteiger partial charge in [0, 0.05) is 31.7 Å². The largest absolute Gasteiger partial charge is 0.311 e. The topological polar surface area (TPSA) is 15.3 Å². The molecule has 0 aromatic heterocycles. The minimum Gasteiger partial charge on any atom is -0.311 e. The van der Waals surface area contributed by atoms with Crippen LogP contribution in [-0.2, 0) is 0 Å². The van der Waals surface area contributed by atoms with Crippen LogP contribution in [0.15, 0.2) is 0 Å². The van der Waals surface area contributed by atoms with Crippen molar-refractivity contribution in [1.82, 2.24) is 10.2 Å². The molecule has 2 nitrogen and oxygen atoms in total. The first kappa shape index (κ1) is 17.3. The Morgan fingerprint density at radius 2 is 1.76 bits per heavy atom. The summed E-state index contributed by atoms with van der Waals surface area (Å²) in [6.07, 6.45) is 12.7. The zero-order chi connectivity index (χ0) is 15.1. The van der Waals surface area contributed by atoms with Crippen molar-refractivity contribution in [1.29, 1.82) is 0 Å². The predicted octanol–water partition coefficient (Wildman–Crippen LogP) is 4.45. The average molecular weight is 295 g/mol. The lowest BCUT2D eigenvalue weighted by atomic mass is 9.81. The fourth-order valence-electron chi connectivity index (χ4n) is 4.51. The molecule has 1 N–H and O–H groups in total. The summed E-state index contributed by atoms with van der Waals surface area (Å²) >= 11 is 0. The van der Waals surface area contributed by atoms with Gasteiger partial charge in [0.15, 0.2) is 0 Å². The number of piperazine rings is 1. The fraction of sp³-hybridized carbons (Fsp3) is 1.00. The molecule has 0 spiro atoms. The lowest BCUT2D eigenvalue weighted by molar-refractivity contribution is 0.0550. The van der Waals surface area contributed by atoms with Crippen molar-refractivity contribution in [2.75, 3.05) is 19.6 Å². The number of nitrogens with zero attached hydrogens (tertiary/aromatic N) is 1. The van der Waals surface area contributed by atoms with Gasteiger partial charge in [0.2, 0.25) is 0 Å². The van der Waals surface area contributed by atoms with Crippen LogP contribution in [0.1, 0.15) is 78.6 Å². The molecule has 0 radical (unpaired) electrons. The van der Waals surface area contributed by atoms with E-state index in [1.807, 2.05) is 0 Å². The Bertz CT molecular complexity index is 269. The molecule has 1 aliphatic heterocycles. The van der Waals surface area contributed by atoms with E-state index in [0.29, 0.717) is 0 Å². The fourth-order valence-corrected chi connectivity index (χ4v) is 4.51. The second-order valence-corrected chi connectivity index (χ2v) is 7.50. The van der Waals surface area contributed by atoms with Crippen LogP contribution in [0.3, 0.4) is 0 Å². The molecule has 2 heteroatoms.